The third kappa shape index (κ3) is 3.91. The quantitative estimate of drug-likeness (QED) is 0.873. The number of nitrogens with zero attached hydrogens (tertiary/aromatic N) is 1. The lowest BCUT2D eigenvalue weighted by Gasteiger charge is -2.26. The number of aliphatic carboxylic acids is 1. The predicted octanol–water partition coefficient (Wildman–Crippen LogP) is 2.22. The van der Waals surface area contributed by atoms with Gasteiger partial charge < -0.3 is 14.7 Å². The number of para-hydroxylation sites is 1. The zero-order chi connectivity index (χ0) is 15.2. The third-order valence-electron chi connectivity index (χ3n) is 3.34. The number of carboxylic acids is 1. The summed E-state index contributed by atoms with van der Waals surface area (Å²) in [6, 6.07) is 8.55. The largest absolute Gasteiger partial charge is 0.493 e. The summed E-state index contributed by atoms with van der Waals surface area (Å²) in [5.41, 5.74) is 0. The first-order valence-corrected chi connectivity index (χ1v) is 8.01. The number of hydrogen-bond acceptors (Lipinski definition) is 4. The van der Waals surface area contributed by atoms with E-state index < -0.39 is 12.0 Å². The number of benzene rings is 1. The van der Waals surface area contributed by atoms with Crippen molar-refractivity contribution in [3.63, 3.8) is 0 Å². The van der Waals surface area contributed by atoms with Crippen LogP contribution in [-0.2, 0) is 9.59 Å². The van der Waals surface area contributed by atoms with Gasteiger partial charge in [0.15, 0.2) is 0 Å². The monoisotopic (exact) mass is 309 g/mol. The van der Waals surface area contributed by atoms with Crippen molar-refractivity contribution in [2.24, 2.45) is 0 Å². The van der Waals surface area contributed by atoms with E-state index in [2.05, 4.69) is 0 Å². The van der Waals surface area contributed by atoms with E-state index in [0.29, 0.717) is 11.5 Å². The molecular formula is C15H19NO4S. The lowest BCUT2D eigenvalue weighted by Crippen LogP contribution is -2.45. The molecule has 0 aromatic heterocycles. The Bertz CT molecular complexity index is 494. The molecule has 1 fully saturated rings. The standard InChI is InChI=1S/C15H19NO4S/c1-2-14-16(12(10-21-14)15(18)19)13(17)8-9-20-11-6-4-3-5-7-11/h3-7,12,14H,2,8-10H2,1H3,(H,18,19). The minimum atomic E-state index is -0.934. The van der Waals surface area contributed by atoms with E-state index in [1.807, 2.05) is 37.3 Å². The highest BCUT2D eigenvalue weighted by Crippen LogP contribution is 2.31. The second-order valence-electron chi connectivity index (χ2n) is 4.76. The minimum absolute atomic E-state index is 0.0460. The Balaban J connectivity index is 1.90. The molecule has 5 nitrogen and oxygen atoms in total. The van der Waals surface area contributed by atoms with Gasteiger partial charge in [0.1, 0.15) is 11.8 Å². The van der Waals surface area contributed by atoms with Crippen molar-refractivity contribution in [1.29, 1.82) is 0 Å². The zero-order valence-electron chi connectivity index (χ0n) is 11.9. The van der Waals surface area contributed by atoms with Gasteiger partial charge in [0.2, 0.25) is 5.91 Å². The Morgan fingerprint density at radius 3 is 2.71 bits per heavy atom. The number of thioether (sulfide) groups is 1. The predicted molar refractivity (Wildman–Crippen MR) is 81.4 cm³/mol. The van der Waals surface area contributed by atoms with Crippen molar-refractivity contribution < 1.29 is 19.4 Å². The maximum Gasteiger partial charge on any atom is 0.327 e. The second-order valence-corrected chi connectivity index (χ2v) is 5.97. The highest BCUT2D eigenvalue weighted by molar-refractivity contribution is 8.00. The number of hydrogen-bond donors (Lipinski definition) is 1. The van der Waals surface area contributed by atoms with Crippen molar-refractivity contribution in [2.75, 3.05) is 12.4 Å². The second kappa shape index (κ2) is 7.36. The van der Waals surface area contributed by atoms with Crippen molar-refractivity contribution in [2.45, 2.75) is 31.2 Å². The van der Waals surface area contributed by atoms with Crippen LogP contribution in [0.25, 0.3) is 0 Å². The van der Waals surface area contributed by atoms with Gasteiger partial charge in [-0.25, -0.2) is 4.79 Å². The summed E-state index contributed by atoms with van der Waals surface area (Å²) < 4.78 is 5.50. The molecule has 1 saturated heterocycles. The number of ether oxygens (including phenoxy) is 1. The average molecular weight is 309 g/mol. The number of carbonyl (C=O) groups is 2. The summed E-state index contributed by atoms with van der Waals surface area (Å²) in [4.78, 5) is 25.0. The molecule has 2 rings (SSSR count). The van der Waals surface area contributed by atoms with Gasteiger partial charge in [0.25, 0.3) is 0 Å². The van der Waals surface area contributed by atoms with E-state index in [1.54, 1.807) is 0 Å². The van der Waals surface area contributed by atoms with Gasteiger partial charge >= 0.3 is 5.97 Å². The summed E-state index contributed by atoms with van der Waals surface area (Å²) in [5, 5.41) is 9.16. The van der Waals surface area contributed by atoms with Gasteiger partial charge in [0.05, 0.1) is 18.4 Å². The Morgan fingerprint density at radius 1 is 1.38 bits per heavy atom. The van der Waals surface area contributed by atoms with Crippen LogP contribution in [0.3, 0.4) is 0 Å². The molecule has 1 heterocycles. The molecule has 0 saturated carbocycles. The van der Waals surface area contributed by atoms with Crippen molar-refractivity contribution in [3.05, 3.63) is 30.3 Å². The molecule has 2 unspecified atom stereocenters. The highest BCUT2D eigenvalue weighted by atomic mass is 32.2. The van der Waals surface area contributed by atoms with Crippen LogP contribution in [0.2, 0.25) is 0 Å². The molecule has 1 aromatic rings. The van der Waals surface area contributed by atoms with Crippen LogP contribution in [-0.4, -0.2) is 45.7 Å². The van der Waals surface area contributed by atoms with Gasteiger partial charge in [-0.3, -0.25) is 4.79 Å². The van der Waals surface area contributed by atoms with Gasteiger partial charge in [-0.1, -0.05) is 25.1 Å². The fraction of sp³-hybridized carbons (Fsp3) is 0.467. The number of amides is 1. The number of carbonyl (C=O) groups excluding carboxylic acids is 1. The summed E-state index contributed by atoms with van der Waals surface area (Å²) >= 11 is 1.53. The topological polar surface area (TPSA) is 66.8 Å². The lowest BCUT2D eigenvalue weighted by atomic mass is 10.2. The van der Waals surface area contributed by atoms with E-state index in [-0.39, 0.29) is 24.3 Å². The smallest absolute Gasteiger partial charge is 0.327 e. The third-order valence-corrected chi connectivity index (χ3v) is 4.80. The first kappa shape index (κ1) is 15.7. The highest BCUT2D eigenvalue weighted by Gasteiger charge is 2.40. The molecule has 2 atom stereocenters. The van der Waals surface area contributed by atoms with Crippen LogP contribution in [0.15, 0.2) is 30.3 Å². The van der Waals surface area contributed by atoms with Gasteiger partial charge in [0, 0.05) is 5.75 Å². The van der Waals surface area contributed by atoms with Gasteiger partial charge in [-0.15, -0.1) is 11.8 Å². The van der Waals surface area contributed by atoms with Crippen LogP contribution < -0.4 is 4.74 Å². The van der Waals surface area contributed by atoms with Gasteiger partial charge in [-0.2, -0.15) is 0 Å². The fourth-order valence-electron chi connectivity index (χ4n) is 2.30. The van der Waals surface area contributed by atoms with Crippen molar-refractivity contribution in [1.82, 2.24) is 4.90 Å². The fourth-order valence-corrected chi connectivity index (χ4v) is 3.67. The lowest BCUT2D eigenvalue weighted by molar-refractivity contribution is -0.149. The first-order valence-electron chi connectivity index (χ1n) is 6.97. The summed E-state index contributed by atoms with van der Waals surface area (Å²) in [6.45, 7) is 2.22. The molecule has 1 amide bonds. The molecule has 0 bridgehead atoms. The Morgan fingerprint density at radius 2 is 2.10 bits per heavy atom. The number of carboxylic acid groups (broad SMARTS) is 1. The maximum absolute atomic E-state index is 12.3. The summed E-state index contributed by atoms with van der Waals surface area (Å²) in [7, 11) is 0. The Labute approximate surface area is 128 Å². The molecule has 114 valence electrons. The molecule has 1 aromatic carbocycles. The zero-order valence-corrected chi connectivity index (χ0v) is 12.7. The number of rotatable bonds is 6. The molecule has 1 N–H and O–H groups in total. The van der Waals surface area contributed by atoms with E-state index in [1.165, 1.54) is 16.7 Å². The SMILES string of the molecule is CCC1SCC(C(=O)O)N1C(=O)CCOc1ccccc1. The van der Waals surface area contributed by atoms with Crippen molar-refractivity contribution in [3.8, 4) is 5.75 Å². The summed E-state index contributed by atoms with van der Waals surface area (Å²) in [6.07, 6.45) is 0.940. The molecule has 0 radical (unpaired) electrons. The molecule has 6 heteroatoms. The van der Waals surface area contributed by atoms with E-state index in [9.17, 15) is 14.7 Å². The van der Waals surface area contributed by atoms with E-state index in [4.69, 9.17) is 4.74 Å². The Kier molecular flexibility index (Phi) is 5.50. The molecule has 1 aliphatic heterocycles. The maximum atomic E-state index is 12.3. The average Bonchev–Trinajstić information content (AvgIpc) is 2.92. The Hall–Kier alpha value is -1.69. The minimum Gasteiger partial charge on any atom is -0.493 e. The molecular weight excluding hydrogens is 290 g/mol. The van der Waals surface area contributed by atoms with Crippen LogP contribution in [0.4, 0.5) is 0 Å². The van der Waals surface area contributed by atoms with Crippen LogP contribution in [0.1, 0.15) is 19.8 Å². The van der Waals surface area contributed by atoms with Crippen LogP contribution in [0, 0.1) is 0 Å². The van der Waals surface area contributed by atoms with E-state index in [0.717, 1.165) is 6.42 Å². The molecule has 21 heavy (non-hydrogen) atoms. The van der Waals surface area contributed by atoms with Crippen molar-refractivity contribution >= 4 is 23.6 Å². The molecule has 1 aliphatic rings. The molecule has 0 aliphatic carbocycles. The van der Waals surface area contributed by atoms with Crippen LogP contribution in [0.5, 0.6) is 5.75 Å². The van der Waals surface area contributed by atoms with Crippen LogP contribution >= 0.6 is 11.8 Å². The molecule has 0 spiro atoms. The van der Waals surface area contributed by atoms with E-state index >= 15 is 0 Å². The van der Waals surface area contributed by atoms with Gasteiger partial charge in [-0.05, 0) is 18.6 Å². The first-order chi connectivity index (χ1) is 10.1. The normalized spacial score (nSPS) is 21.3. The summed E-state index contributed by atoms with van der Waals surface area (Å²) in [5.74, 6) is 0.0768.